The minimum Gasteiger partial charge on any atom is -0.501 e. The number of nitrogens with zero attached hydrogens (tertiary/aromatic N) is 2. The van der Waals surface area contributed by atoms with Gasteiger partial charge < -0.3 is 14.4 Å². The Bertz CT molecular complexity index is 2550. The molecule has 56 heavy (non-hydrogen) atoms. The van der Waals surface area contributed by atoms with Gasteiger partial charge in [-0.2, -0.15) is 0 Å². The number of furan rings is 1. The second kappa shape index (κ2) is 17.1. The Morgan fingerprint density at radius 2 is 1.36 bits per heavy atom. The molecule has 0 bridgehead atoms. The first-order valence-corrected chi connectivity index (χ1v) is 22.8. The molecule has 0 saturated heterocycles. The molecule has 285 valence electrons. The maximum atomic E-state index is 6.35. The molecule has 1 radical (unpaired) electrons. The second-order valence-corrected chi connectivity index (χ2v) is 21.9. The van der Waals surface area contributed by atoms with Crippen molar-refractivity contribution in [3.05, 3.63) is 163 Å². The molecule has 0 aliphatic heterocycles. The van der Waals surface area contributed by atoms with Crippen LogP contribution in [0.5, 0.6) is 0 Å². The molecule has 0 aliphatic carbocycles. The molecule has 3 nitrogen and oxygen atoms in total. The van der Waals surface area contributed by atoms with Gasteiger partial charge in [0, 0.05) is 37.9 Å². The molecule has 3 aromatic heterocycles. The fraction of sp³-hybridized carbons (Fsp3) is 0.216. The van der Waals surface area contributed by atoms with Gasteiger partial charge in [-0.1, -0.05) is 167 Å². The van der Waals surface area contributed by atoms with Gasteiger partial charge in [0.2, 0.25) is 0 Å². The topological polar surface area (TPSA) is 38.9 Å². The number of benzene rings is 5. The Hall–Kier alpha value is -4.93. The van der Waals surface area contributed by atoms with E-state index in [1.807, 2.05) is 24.4 Å². The van der Waals surface area contributed by atoms with Gasteiger partial charge in [-0.3, -0.25) is 0 Å². The molecule has 0 aliphatic rings. The summed E-state index contributed by atoms with van der Waals surface area (Å²) in [5, 5.41) is 3.69. The largest absolute Gasteiger partial charge is 0.501 e. The molecular formula is C51H50IrN2OSi-2. The minimum absolute atomic E-state index is 0. The Morgan fingerprint density at radius 1 is 0.679 bits per heavy atom. The number of hydrogen-bond acceptors (Lipinski definition) is 3. The molecule has 0 fully saturated rings. The van der Waals surface area contributed by atoms with Crippen molar-refractivity contribution >= 4 is 35.2 Å². The second-order valence-electron chi connectivity index (χ2n) is 16.9. The van der Waals surface area contributed by atoms with Gasteiger partial charge in [0.05, 0.1) is 13.7 Å². The van der Waals surface area contributed by atoms with E-state index in [9.17, 15) is 0 Å². The normalized spacial score (nSPS) is 11.7. The molecule has 5 aromatic carbocycles. The van der Waals surface area contributed by atoms with Crippen LogP contribution in [-0.4, -0.2) is 18.0 Å². The summed E-state index contributed by atoms with van der Waals surface area (Å²) >= 11 is 0. The van der Waals surface area contributed by atoms with Crippen molar-refractivity contribution in [1.82, 2.24) is 9.97 Å². The van der Waals surface area contributed by atoms with Crippen LogP contribution in [0.1, 0.15) is 45.7 Å². The predicted octanol–water partition coefficient (Wildman–Crippen LogP) is 13.4. The van der Waals surface area contributed by atoms with E-state index in [0.29, 0.717) is 5.92 Å². The van der Waals surface area contributed by atoms with Crippen molar-refractivity contribution in [3.8, 4) is 44.8 Å². The Balaban J connectivity index is 0.000000188. The third kappa shape index (κ3) is 9.19. The maximum Gasteiger partial charge on any atom is 0.121 e. The number of rotatable bonds is 7. The standard InChI is InChI=1S/C27H22NO.C24H28NSi.Ir/c1-27(2,3)20-14-15-28-24(17-20)23-11-7-10-22-21-13-12-19(16-25(21)29-26(22)23)18-8-5-4-6-9-18;1-18(2)15-22-16-23(25-17-24(22)26(3,4)5)21-13-11-20(12-14-21)19-9-7-6-8-10-19;/h4-10,12-17H,1-3H3;6-13,16-18H,15H2,1-5H3;/q2*-1;. The molecule has 5 heteroatoms. The average Bonchev–Trinajstić information content (AvgIpc) is 3.56. The molecular weight excluding hydrogens is 877 g/mol. The van der Waals surface area contributed by atoms with Crippen LogP contribution in [0.25, 0.3) is 66.7 Å². The minimum atomic E-state index is -1.39. The first-order chi connectivity index (χ1) is 26.3. The summed E-state index contributed by atoms with van der Waals surface area (Å²) in [6, 6.07) is 50.9. The molecule has 3 heterocycles. The Kier molecular flexibility index (Phi) is 12.4. The summed E-state index contributed by atoms with van der Waals surface area (Å²) in [6.45, 7) is 18.4. The summed E-state index contributed by atoms with van der Waals surface area (Å²) in [5.74, 6) is 0.643. The zero-order valence-electron chi connectivity index (χ0n) is 33.7. The van der Waals surface area contributed by atoms with Crippen molar-refractivity contribution in [2.24, 2.45) is 5.92 Å². The number of hydrogen-bond donors (Lipinski definition) is 0. The maximum absolute atomic E-state index is 6.35. The van der Waals surface area contributed by atoms with E-state index in [2.05, 4.69) is 187 Å². The summed E-state index contributed by atoms with van der Waals surface area (Å²) in [7, 11) is -1.39. The zero-order valence-corrected chi connectivity index (χ0v) is 37.1. The van der Waals surface area contributed by atoms with E-state index in [0.717, 1.165) is 56.4 Å². The van der Waals surface area contributed by atoms with Crippen LogP contribution in [-0.2, 0) is 31.9 Å². The van der Waals surface area contributed by atoms with Crippen molar-refractivity contribution < 1.29 is 24.5 Å². The van der Waals surface area contributed by atoms with Gasteiger partial charge in [-0.15, -0.1) is 48.0 Å². The summed E-state index contributed by atoms with van der Waals surface area (Å²) < 4.78 is 6.35. The van der Waals surface area contributed by atoms with E-state index in [1.165, 1.54) is 33.0 Å². The monoisotopic (exact) mass is 927 g/mol. The summed E-state index contributed by atoms with van der Waals surface area (Å²) in [5.41, 5.74) is 13.1. The van der Waals surface area contributed by atoms with E-state index in [-0.39, 0.29) is 25.5 Å². The van der Waals surface area contributed by atoms with Gasteiger partial charge in [-0.25, -0.2) is 0 Å². The average molecular weight is 927 g/mol. The van der Waals surface area contributed by atoms with Crippen LogP contribution < -0.4 is 5.19 Å². The molecule has 0 N–H and O–H groups in total. The van der Waals surface area contributed by atoms with Gasteiger partial charge in [0.15, 0.2) is 0 Å². The third-order valence-electron chi connectivity index (χ3n) is 10.0. The van der Waals surface area contributed by atoms with E-state index in [1.54, 1.807) is 0 Å². The smallest absolute Gasteiger partial charge is 0.121 e. The predicted molar refractivity (Wildman–Crippen MR) is 235 cm³/mol. The van der Waals surface area contributed by atoms with E-state index in [4.69, 9.17) is 9.40 Å². The molecule has 0 amide bonds. The fourth-order valence-electron chi connectivity index (χ4n) is 7.10. The molecule has 0 saturated carbocycles. The molecule has 0 spiro atoms. The SMILES string of the molecule is CC(C)(C)c1ccnc(-c2[c-]ccc3c2oc2cc(-c4ccccc4)ccc23)c1.CC(C)Cc1cc(-c2[c-]cc(-c3ccccc3)cc2)ncc1[Si](C)(C)C.[Ir]. The third-order valence-corrected chi connectivity index (χ3v) is 12.1. The number of fused-ring (bicyclic) bond motifs is 3. The summed E-state index contributed by atoms with van der Waals surface area (Å²) in [4.78, 5) is 9.41. The molecule has 0 unspecified atom stereocenters. The number of aromatic nitrogens is 2. The van der Waals surface area contributed by atoms with E-state index >= 15 is 0 Å². The van der Waals surface area contributed by atoms with Crippen LogP contribution in [0.15, 0.2) is 144 Å². The summed E-state index contributed by atoms with van der Waals surface area (Å²) in [6.07, 6.45) is 5.11. The van der Waals surface area contributed by atoms with Gasteiger partial charge in [0.1, 0.15) is 5.58 Å². The first-order valence-electron chi connectivity index (χ1n) is 19.3. The first kappa shape index (κ1) is 40.7. The Morgan fingerprint density at radius 3 is 1.98 bits per heavy atom. The Labute approximate surface area is 347 Å². The van der Waals surface area contributed by atoms with Gasteiger partial charge in [0.25, 0.3) is 0 Å². The van der Waals surface area contributed by atoms with Crippen LogP contribution in [0.2, 0.25) is 19.6 Å². The molecule has 0 atom stereocenters. The van der Waals surface area contributed by atoms with Crippen molar-refractivity contribution in [2.45, 2.75) is 66.1 Å². The van der Waals surface area contributed by atoms with Gasteiger partial charge in [-0.05, 0) is 63.2 Å². The molecule has 8 rings (SSSR count). The van der Waals surface area contributed by atoms with Crippen molar-refractivity contribution in [1.29, 1.82) is 0 Å². The van der Waals surface area contributed by atoms with Crippen LogP contribution in [0.4, 0.5) is 0 Å². The van der Waals surface area contributed by atoms with Crippen LogP contribution in [0.3, 0.4) is 0 Å². The molecule has 8 aromatic rings. The quantitative estimate of drug-likeness (QED) is 0.118. The fourth-order valence-corrected chi connectivity index (χ4v) is 8.69. The van der Waals surface area contributed by atoms with Crippen molar-refractivity contribution in [3.63, 3.8) is 0 Å². The zero-order chi connectivity index (χ0) is 38.7. The number of pyridine rings is 2. The van der Waals surface area contributed by atoms with Crippen molar-refractivity contribution in [2.75, 3.05) is 0 Å². The van der Waals surface area contributed by atoms with Crippen LogP contribution in [0, 0.1) is 18.1 Å². The van der Waals surface area contributed by atoms with Gasteiger partial charge >= 0.3 is 0 Å². The van der Waals surface area contributed by atoms with E-state index < -0.39 is 8.07 Å². The van der Waals surface area contributed by atoms with Crippen LogP contribution >= 0.6 is 0 Å².